The summed E-state index contributed by atoms with van der Waals surface area (Å²) < 4.78 is 37.0. The zero-order valence-electron chi connectivity index (χ0n) is 11.3. The number of carbonyl (C=O) groups is 1. The van der Waals surface area contributed by atoms with Gasteiger partial charge in [-0.05, 0) is 6.42 Å². The van der Waals surface area contributed by atoms with Crippen molar-refractivity contribution in [2.75, 3.05) is 13.2 Å². The van der Waals surface area contributed by atoms with Crippen LogP contribution in [0.2, 0.25) is 0 Å². The highest BCUT2D eigenvalue weighted by atomic mass is 19.4. The van der Waals surface area contributed by atoms with E-state index in [4.69, 9.17) is 31.2 Å². The van der Waals surface area contributed by atoms with Crippen LogP contribution in [-0.2, 0) is 9.53 Å². The van der Waals surface area contributed by atoms with Crippen LogP contribution in [0.25, 0.3) is 0 Å². The fraction of sp³-hybridized carbons (Fsp3) is 0.800. The summed E-state index contributed by atoms with van der Waals surface area (Å²) in [5.74, 6) is -2.78. The van der Waals surface area contributed by atoms with Gasteiger partial charge in [-0.3, -0.25) is 4.99 Å². The first-order chi connectivity index (χ1) is 10.0. The van der Waals surface area contributed by atoms with Crippen molar-refractivity contribution in [3.63, 3.8) is 0 Å². The van der Waals surface area contributed by atoms with E-state index >= 15 is 0 Å². The van der Waals surface area contributed by atoms with Crippen molar-refractivity contribution < 1.29 is 43.1 Å². The van der Waals surface area contributed by atoms with Gasteiger partial charge in [0.1, 0.15) is 18.3 Å². The quantitative estimate of drug-likeness (QED) is 0.248. The first kappa shape index (κ1) is 20.4. The van der Waals surface area contributed by atoms with Crippen molar-refractivity contribution >= 4 is 11.9 Å². The van der Waals surface area contributed by atoms with Gasteiger partial charge in [0.05, 0.1) is 12.7 Å². The Morgan fingerprint density at radius 2 is 1.64 bits per heavy atom. The molecule has 1 rings (SSSR count). The molecule has 0 aliphatic carbocycles. The SMILES string of the molecule is NC(N)=NCC[C@@H]1O[C@H](CO)[C@@H](O)[C@H]1O.O=C(O)C(F)(F)F. The van der Waals surface area contributed by atoms with Gasteiger partial charge in [-0.2, -0.15) is 13.2 Å². The standard InChI is InChI=1S/C8H17N3O4.C2HF3O2/c9-8(10)11-2-1-4-6(13)7(14)5(3-12)15-4;3-2(4,5)1(6)7/h4-7,12-14H,1-3H2,(H4,9,10,11);(H,6,7)/t4-,5+,6-,7+;/m0./s1. The maximum Gasteiger partial charge on any atom is 0.490 e. The average Bonchev–Trinajstić information content (AvgIpc) is 2.66. The lowest BCUT2D eigenvalue weighted by Crippen LogP contribution is -2.34. The van der Waals surface area contributed by atoms with Gasteiger partial charge in [-0.1, -0.05) is 0 Å². The van der Waals surface area contributed by atoms with Gasteiger partial charge in [0, 0.05) is 6.54 Å². The number of aliphatic hydroxyl groups is 3. The molecule has 1 aliphatic rings. The molecule has 0 aromatic carbocycles. The second-order valence-electron chi connectivity index (χ2n) is 4.27. The van der Waals surface area contributed by atoms with Crippen molar-refractivity contribution in [2.24, 2.45) is 16.5 Å². The Morgan fingerprint density at radius 3 is 1.95 bits per heavy atom. The van der Waals surface area contributed by atoms with Crippen LogP contribution in [0.4, 0.5) is 13.2 Å². The number of carboxylic acids is 1. The van der Waals surface area contributed by atoms with E-state index in [1.165, 1.54) is 0 Å². The van der Waals surface area contributed by atoms with E-state index in [0.29, 0.717) is 13.0 Å². The predicted molar refractivity (Wildman–Crippen MR) is 66.7 cm³/mol. The number of hydrogen-bond acceptors (Lipinski definition) is 6. The highest BCUT2D eigenvalue weighted by Gasteiger charge is 2.41. The zero-order valence-corrected chi connectivity index (χ0v) is 11.3. The normalized spacial score (nSPS) is 27.7. The van der Waals surface area contributed by atoms with E-state index < -0.39 is 36.6 Å². The third kappa shape index (κ3) is 6.89. The molecule has 1 heterocycles. The van der Waals surface area contributed by atoms with Crippen LogP contribution in [-0.4, -0.2) is 76.1 Å². The van der Waals surface area contributed by atoms with Crippen LogP contribution in [0.15, 0.2) is 4.99 Å². The molecular formula is C10H18F3N3O6. The molecule has 0 aromatic rings. The fourth-order valence-electron chi connectivity index (χ4n) is 1.54. The number of nitrogens with two attached hydrogens (primary N) is 2. The van der Waals surface area contributed by atoms with Gasteiger partial charge in [0.15, 0.2) is 5.96 Å². The first-order valence-corrected chi connectivity index (χ1v) is 5.98. The summed E-state index contributed by atoms with van der Waals surface area (Å²) in [6.07, 6.45) is -8.02. The van der Waals surface area contributed by atoms with E-state index in [1.807, 2.05) is 0 Å². The van der Waals surface area contributed by atoms with Crippen molar-refractivity contribution in [3.8, 4) is 0 Å². The molecule has 9 nitrogen and oxygen atoms in total. The minimum Gasteiger partial charge on any atom is -0.475 e. The predicted octanol–water partition coefficient (Wildman–Crippen LogP) is -2.24. The topological polar surface area (TPSA) is 172 Å². The van der Waals surface area contributed by atoms with Gasteiger partial charge in [-0.15, -0.1) is 0 Å². The van der Waals surface area contributed by atoms with Crippen molar-refractivity contribution in [2.45, 2.75) is 37.0 Å². The Kier molecular flexibility index (Phi) is 8.08. The number of rotatable bonds is 4. The van der Waals surface area contributed by atoms with Crippen LogP contribution >= 0.6 is 0 Å². The van der Waals surface area contributed by atoms with Crippen molar-refractivity contribution in [3.05, 3.63) is 0 Å². The third-order valence-electron chi connectivity index (χ3n) is 2.59. The molecule has 130 valence electrons. The Labute approximate surface area is 123 Å². The molecule has 0 spiro atoms. The monoisotopic (exact) mass is 333 g/mol. The molecule has 22 heavy (non-hydrogen) atoms. The molecule has 4 atom stereocenters. The van der Waals surface area contributed by atoms with Gasteiger partial charge in [0.25, 0.3) is 0 Å². The highest BCUT2D eigenvalue weighted by molar-refractivity contribution is 5.75. The number of aliphatic imine (C=N–C) groups is 1. The van der Waals surface area contributed by atoms with Gasteiger partial charge in [0.2, 0.25) is 0 Å². The van der Waals surface area contributed by atoms with Crippen LogP contribution < -0.4 is 11.5 Å². The van der Waals surface area contributed by atoms with Crippen LogP contribution in [0, 0.1) is 0 Å². The minimum absolute atomic E-state index is 0.0262. The smallest absolute Gasteiger partial charge is 0.475 e. The van der Waals surface area contributed by atoms with Gasteiger partial charge in [-0.25, -0.2) is 4.79 Å². The van der Waals surface area contributed by atoms with Crippen molar-refractivity contribution in [1.82, 2.24) is 0 Å². The number of halogens is 3. The summed E-state index contributed by atoms with van der Waals surface area (Å²) in [4.78, 5) is 12.6. The molecule has 0 amide bonds. The third-order valence-corrected chi connectivity index (χ3v) is 2.59. The second kappa shape index (κ2) is 8.73. The summed E-state index contributed by atoms with van der Waals surface area (Å²) in [5, 5.41) is 34.9. The molecule has 1 saturated heterocycles. The van der Waals surface area contributed by atoms with Gasteiger partial charge >= 0.3 is 12.1 Å². The lowest BCUT2D eigenvalue weighted by atomic mass is 10.1. The average molecular weight is 333 g/mol. The summed E-state index contributed by atoms with van der Waals surface area (Å²) >= 11 is 0. The lowest BCUT2D eigenvalue weighted by molar-refractivity contribution is -0.192. The Hall–Kier alpha value is -1.63. The van der Waals surface area contributed by atoms with Crippen LogP contribution in [0.5, 0.6) is 0 Å². The van der Waals surface area contributed by atoms with E-state index in [0.717, 1.165) is 0 Å². The van der Waals surface area contributed by atoms with Crippen LogP contribution in [0.3, 0.4) is 0 Å². The molecule has 0 radical (unpaired) electrons. The Morgan fingerprint density at radius 1 is 1.18 bits per heavy atom. The molecule has 12 heteroatoms. The molecule has 0 unspecified atom stereocenters. The summed E-state index contributed by atoms with van der Waals surface area (Å²) in [7, 11) is 0. The van der Waals surface area contributed by atoms with Crippen LogP contribution in [0.1, 0.15) is 6.42 Å². The number of alkyl halides is 3. The largest absolute Gasteiger partial charge is 0.490 e. The van der Waals surface area contributed by atoms with E-state index in [-0.39, 0.29) is 12.6 Å². The molecule has 1 aliphatic heterocycles. The molecule has 1 fully saturated rings. The number of aliphatic hydroxyl groups excluding tert-OH is 3. The maximum atomic E-state index is 10.6. The van der Waals surface area contributed by atoms with E-state index in [2.05, 4.69) is 4.99 Å². The number of ether oxygens (including phenoxy) is 1. The molecule has 8 N–H and O–H groups in total. The van der Waals surface area contributed by atoms with E-state index in [1.54, 1.807) is 0 Å². The maximum absolute atomic E-state index is 10.6. The molecule has 0 saturated carbocycles. The Bertz CT molecular complexity index is 389. The number of guanidine groups is 1. The second-order valence-corrected chi connectivity index (χ2v) is 4.27. The molecule has 0 aromatic heterocycles. The summed E-state index contributed by atoms with van der Waals surface area (Å²) in [6.45, 7) is -0.00799. The number of hydrogen-bond donors (Lipinski definition) is 6. The molecule has 0 bridgehead atoms. The summed E-state index contributed by atoms with van der Waals surface area (Å²) in [5.41, 5.74) is 10.3. The number of carboxylic acid groups (broad SMARTS) is 1. The lowest BCUT2D eigenvalue weighted by Gasteiger charge is -2.12. The Balaban J connectivity index is 0.000000534. The highest BCUT2D eigenvalue weighted by Crippen LogP contribution is 2.23. The van der Waals surface area contributed by atoms with Gasteiger partial charge < -0.3 is 36.6 Å². The summed E-state index contributed by atoms with van der Waals surface area (Å²) in [6, 6.07) is 0. The number of aliphatic carboxylic acids is 1. The number of nitrogens with zero attached hydrogens (tertiary/aromatic N) is 1. The zero-order chi connectivity index (χ0) is 17.5. The first-order valence-electron chi connectivity index (χ1n) is 5.98. The fourth-order valence-corrected chi connectivity index (χ4v) is 1.54. The van der Waals surface area contributed by atoms with E-state index in [9.17, 15) is 23.4 Å². The molecular weight excluding hydrogens is 315 g/mol. The van der Waals surface area contributed by atoms with Crippen molar-refractivity contribution in [1.29, 1.82) is 0 Å². The minimum atomic E-state index is -5.08.